The van der Waals surface area contributed by atoms with Crippen LogP contribution in [0.5, 0.6) is 11.6 Å². The molecule has 0 aliphatic carbocycles. The second kappa shape index (κ2) is 11.2. The molecule has 13 heteroatoms. The highest BCUT2D eigenvalue weighted by atomic mass is 79.9. The smallest absolute Gasteiger partial charge is 0.274 e. The van der Waals surface area contributed by atoms with E-state index < -0.39 is 17.4 Å². The maximum absolute atomic E-state index is 13.6. The van der Waals surface area contributed by atoms with Crippen molar-refractivity contribution >= 4 is 68.0 Å². The van der Waals surface area contributed by atoms with Gasteiger partial charge in [-0.15, -0.1) is 16.4 Å². The molecule has 9 nitrogen and oxygen atoms in total. The van der Waals surface area contributed by atoms with Gasteiger partial charge in [-0.05, 0) is 65.5 Å². The summed E-state index contributed by atoms with van der Waals surface area (Å²) in [5.74, 6) is -0.247. The summed E-state index contributed by atoms with van der Waals surface area (Å²) in [7, 11) is 0. The number of ether oxygens (including phenoxy) is 1. The molecule has 0 aliphatic heterocycles. The molecule has 0 radical (unpaired) electrons. The number of carbonyl (C=O) groups is 2. The molecule has 3 heterocycles. The summed E-state index contributed by atoms with van der Waals surface area (Å²) in [6, 6.07) is 9.44. The summed E-state index contributed by atoms with van der Waals surface area (Å²) >= 11 is 17.4. The number of amides is 2. The Morgan fingerprint density at radius 1 is 1.22 bits per heavy atom. The Kier molecular flexibility index (Phi) is 8.20. The summed E-state index contributed by atoms with van der Waals surface area (Å²) in [6.45, 7) is 3.03. The van der Waals surface area contributed by atoms with Gasteiger partial charge in [0.15, 0.2) is 5.82 Å². The van der Waals surface area contributed by atoms with Crippen LogP contribution in [0.1, 0.15) is 34.7 Å². The van der Waals surface area contributed by atoms with Gasteiger partial charge in [-0.1, -0.05) is 23.2 Å². The van der Waals surface area contributed by atoms with E-state index in [0.717, 1.165) is 0 Å². The summed E-state index contributed by atoms with van der Waals surface area (Å²) in [5.41, 5.74) is -0.600. The van der Waals surface area contributed by atoms with Crippen LogP contribution in [0.3, 0.4) is 0 Å². The average molecular weight is 625 g/mol. The van der Waals surface area contributed by atoms with Gasteiger partial charge < -0.3 is 20.5 Å². The van der Waals surface area contributed by atoms with E-state index in [9.17, 15) is 14.7 Å². The van der Waals surface area contributed by atoms with Crippen molar-refractivity contribution in [2.75, 3.05) is 11.9 Å². The summed E-state index contributed by atoms with van der Waals surface area (Å²) in [5, 5.41) is 23.6. The number of thiophene rings is 1. The normalized spacial score (nSPS) is 11.3. The average Bonchev–Trinajstić information content (AvgIpc) is 3.51. The van der Waals surface area contributed by atoms with Crippen LogP contribution in [-0.4, -0.2) is 43.8 Å². The molecule has 4 rings (SSSR count). The molecule has 3 aromatic heterocycles. The first kappa shape index (κ1) is 27.1. The minimum absolute atomic E-state index is 0.0507. The second-order valence-electron chi connectivity index (χ2n) is 8.41. The van der Waals surface area contributed by atoms with E-state index in [1.165, 1.54) is 34.3 Å². The number of aliphatic hydroxyl groups excluding tert-OH is 1. The van der Waals surface area contributed by atoms with Gasteiger partial charge in [0.05, 0.1) is 28.4 Å². The zero-order chi connectivity index (χ0) is 26.7. The van der Waals surface area contributed by atoms with Crippen molar-refractivity contribution in [3.63, 3.8) is 0 Å². The molecule has 0 saturated carbocycles. The molecule has 0 spiro atoms. The number of aliphatic hydroxyl groups is 1. The van der Waals surface area contributed by atoms with Gasteiger partial charge in [0.2, 0.25) is 5.88 Å². The molecule has 1 aromatic carbocycles. The molecule has 0 unspecified atom stereocenters. The molecule has 0 atom stereocenters. The SMILES string of the molecule is CC(C)(CO)NC(=O)c1cc(Cl)cc(Br)c1NC(=O)c1cc(Oc2ccsc2)nn1-c1ncccc1Cl. The lowest BCUT2D eigenvalue weighted by Gasteiger charge is -2.24. The Balaban J connectivity index is 1.74. The fourth-order valence-corrected chi connectivity index (χ4v) is 4.83. The number of halogens is 3. The van der Waals surface area contributed by atoms with Gasteiger partial charge >= 0.3 is 0 Å². The quantitative estimate of drug-likeness (QED) is 0.223. The first-order valence-corrected chi connectivity index (χ1v) is 13.2. The van der Waals surface area contributed by atoms with E-state index in [1.54, 1.807) is 43.5 Å². The Morgan fingerprint density at radius 2 is 2.00 bits per heavy atom. The molecule has 2 amide bonds. The Morgan fingerprint density at radius 3 is 2.68 bits per heavy atom. The van der Waals surface area contributed by atoms with Gasteiger partial charge in [0, 0.05) is 27.1 Å². The number of nitrogens with one attached hydrogen (secondary N) is 2. The van der Waals surface area contributed by atoms with Crippen molar-refractivity contribution in [1.82, 2.24) is 20.1 Å². The lowest BCUT2D eigenvalue weighted by atomic mass is 10.1. The number of nitrogens with zero attached hydrogens (tertiary/aromatic N) is 3. The van der Waals surface area contributed by atoms with Crippen molar-refractivity contribution in [3.05, 3.63) is 79.1 Å². The van der Waals surface area contributed by atoms with Crippen LogP contribution >= 0.6 is 50.5 Å². The standard InChI is InChI=1S/C24H20BrCl2N5O4S/c1-24(2,12-33)30-22(34)15-8-13(26)9-16(25)20(15)29-23(35)18-10-19(36-14-5-7-37-11-14)31-32(18)21-17(27)4-3-6-28-21/h3-11,33H,12H2,1-2H3,(H,29,35)(H,30,34). The third kappa shape index (κ3) is 6.31. The van der Waals surface area contributed by atoms with Crippen LogP contribution in [0.25, 0.3) is 5.82 Å². The molecule has 4 aromatic rings. The van der Waals surface area contributed by atoms with Crippen LogP contribution in [0.2, 0.25) is 10.0 Å². The third-order valence-electron chi connectivity index (χ3n) is 4.96. The summed E-state index contributed by atoms with van der Waals surface area (Å²) in [4.78, 5) is 30.9. The van der Waals surface area contributed by atoms with Crippen LogP contribution in [0, 0.1) is 0 Å². The number of pyridine rings is 1. The molecular weight excluding hydrogens is 605 g/mol. The van der Waals surface area contributed by atoms with E-state index in [4.69, 9.17) is 27.9 Å². The van der Waals surface area contributed by atoms with Gasteiger partial charge in [-0.25, -0.2) is 9.67 Å². The van der Waals surface area contributed by atoms with Crippen LogP contribution in [-0.2, 0) is 0 Å². The van der Waals surface area contributed by atoms with Crippen molar-refractivity contribution in [1.29, 1.82) is 0 Å². The topological polar surface area (TPSA) is 118 Å². The molecule has 0 saturated heterocycles. The molecule has 0 bridgehead atoms. The zero-order valence-electron chi connectivity index (χ0n) is 19.5. The van der Waals surface area contributed by atoms with Gasteiger partial charge in [0.25, 0.3) is 11.8 Å². The number of benzene rings is 1. The summed E-state index contributed by atoms with van der Waals surface area (Å²) < 4.78 is 7.42. The van der Waals surface area contributed by atoms with Crippen LogP contribution in [0.4, 0.5) is 5.69 Å². The molecule has 37 heavy (non-hydrogen) atoms. The highest BCUT2D eigenvalue weighted by Gasteiger charge is 2.26. The molecule has 192 valence electrons. The van der Waals surface area contributed by atoms with Crippen molar-refractivity contribution in [2.24, 2.45) is 0 Å². The second-order valence-corrected chi connectivity index (χ2v) is 10.9. The van der Waals surface area contributed by atoms with Gasteiger partial charge in [0.1, 0.15) is 11.4 Å². The fourth-order valence-electron chi connectivity index (χ4n) is 3.17. The minimum Gasteiger partial charge on any atom is -0.437 e. The van der Waals surface area contributed by atoms with Crippen molar-refractivity contribution < 1.29 is 19.4 Å². The molecule has 0 aliphatic rings. The minimum atomic E-state index is -0.907. The number of hydrogen-bond donors (Lipinski definition) is 3. The van der Waals surface area contributed by atoms with Crippen LogP contribution < -0.4 is 15.4 Å². The Hall–Kier alpha value is -2.96. The highest BCUT2D eigenvalue weighted by molar-refractivity contribution is 9.10. The van der Waals surface area contributed by atoms with E-state index in [1.807, 2.05) is 5.38 Å². The van der Waals surface area contributed by atoms with E-state index in [2.05, 4.69) is 36.6 Å². The highest BCUT2D eigenvalue weighted by Crippen LogP contribution is 2.33. The molecular formula is C24H20BrCl2N5O4S. The van der Waals surface area contributed by atoms with E-state index in [0.29, 0.717) is 10.2 Å². The van der Waals surface area contributed by atoms with Gasteiger partial charge in [-0.2, -0.15) is 0 Å². The van der Waals surface area contributed by atoms with Crippen LogP contribution in [0.15, 0.2) is 57.8 Å². The predicted molar refractivity (Wildman–Crippen MR) is 146 cm³/mol. The Labute approximate surface area is 234 Å². The molecule has 3 N–H and O–H groups in total. The zero-order valence-corrected chi connectivity index (χ0v) is 23.4. The Bertz CT molecular complexity index is 1460. The third-order valence-corrected chi connectivity index (χ3v) is 6.76. The number of hydrogen-bond acceptors (Lipinski definition) is 7. The fraction of sp³-hybridized carbons (Fsp3) is 0.167. The first-order valence-electron chi connectivity index (χ1n) is 10.7. The summed E-state index contributed by atoms with van der Waals surface area (Å²) in [6.07, 6.45) is 1.52. The lowest BCUT2D eigenvalue weighted by Crippen LogP contribution is -2.46. The maximum atomic E-state index is 13.6. The number of anilines is 1. The lowest BCUT2D eigenvalue weighted by molar-refractivity contribution is 0.0870. The number of carbonyl (C=O) groups excluding carboxylic acids is 2. The molecule has 0 fully saturated rings. The first-order chi connectivity index (χ1) is 17.6. The predicted octanol–water partition coefficient (Wildman–Crippen LogP) is 5.94. The van der Waals surface area contributed by atoms with E-state index >= 15 is 0 Å². The van der Waals surface area contributed by atoms with Crippen molar-refractivity contribution in [2.45, 2.75) is 19.4 Å². The number of aromatic nitrogens is 3. The number of rotatable bonds is 8. The van der Waals surface area contributed by atoms with Gasteiger partial charge in [-0.3, -0.25) is 9.59 Å². The van der Waals surface area contributed by atoms with Crippen molar-refractivity contribution in [3.8, 4) is 17.4 Å². The largest absolute Gasteiger partial charge is 0.437 e. The maximum Gasteiger partial charge on any atom is 0.274 e. The van der Waals surface area contributed by atoms with E-state index in [-0.39, 0.29) is 45.3 Å². The monoisotopic (exact) mass is 623 g/mol.